The summed E-state index contributed by atoms with van der Waals surface area (Å²) < 4.78 is 1.56. The third-order valence-corrected chi connectivity index (χ3v) is 4.94. The average molecular weight is 377 g/mol. The maximum Gasteiger partial charge on any atom is 0.303 e. The summed E-state index contributed by atoms with van der Waals surface area (Å²) in [6.07, 6.45) is 3.21. The summed E-state index contributed by atoms with van der Waals surface area (Å²) in [6.45, 7) is 2.37. The van der Waals surface area contributed by atoms with Crippen LogP contribution in [0.25, 0.3) is 5.69 Å². The zero-order valence-corrected chi connectivity index (χ0v) is 15.3. The summed E-state index contributed by atoms with van der Waals surface area (Å²) in [5.74, 6) is -0.417. The van der Waals surface area contributed by atoms with Crippen molar-refractivity contribution in [3.8, 4) is 5.69 Å². The molecule has 1 aromatic carbocycles. The molecule has 1 atom stereocenters. The van der Waals surface area contributed by atoms with Crippen LogP contribution in [-0.2, 0) is 4.79 Å². The Morgan fingerprint density at radius 3 is 2.81 bits per heavy atom. The van der Waals surface area contributed by atoms with E-state index in [2.05, 4.69) is 10.1 Å². The number of hydrogen-bond acceptors (Lipinski definition) is 4. The molecule has 1 aliphatic heterocycles. The standard InChI is InChI=1S/C18H21ClN4O3/c1-12-20-17(21-23(12)15-8-3-2-7-14(15)19)18(26)22-11-5-4-6-13(22)9-10-16(24)25/h2-3,7-8,13H,4-6,9-11H2,1H3,(H,24,25). The van der Waals surface area contributed by atoms with Crippen LogP contribution in [0.4, 0.5) is 0 Å². The Kier molecular flexibility index (Phi) is 5.56. The van der Waals surface area contributed by atoms with Crippen molar-refractivity contribution >= 4 is 23.5 Å². The normalized spacial score (nSPS) is 17.3. The number of aliphatic carboxylic acids is 1. The van der Waals surface area contributed by atoms with E-state index < -0.39 is 5.97 Å². The number of piperidine rings is 1. The molecular formula is C18H21ClN4O3. The monoisotopic (exact) mass is 376 g/mol. The molecule has 0 spiro atoms. The number of carbonyl (C=O) groups is 2. The maximum atomic E-state index is 12.9. The Morgan fingerprint density at radius 1 is 1.31 bits per heavy atom. The predicted octanol–water partition coefficient (Wildman–Crippen LogP) is 3.09. The first-order valence-electron chi connectivity index (χ1n) is 8.68. The van der Waals surface area contributed by atoms with Gasteiger partial charge in [0.2, 0.25) is 5.82 Å². The highest BCUT2D eigenvalue weighted by molar-refractivity contribution is 6.32. The second-order valence-corrected chi connectivity index (χ2v) is 6.83. The summed E-state index contributed by atoms with van der Waals surface area (Å²) in [7, 11) is 0. The molecule has 0 bridgehead atoms. The minimum Gasteiger partial charge on any atom is -0.481 e. The summed E-state index contributed by atoms with van der Waals surface area (Å²) >= 11 is 6.22. The molecule has 26 heavy (non-hydrogen) atoms. The third-order valence-electron chi connectivity index (χ3n) is 4.62. The zero-order chi connectivity index (χ0) is 18.7. The van der Waals surface area contributed by atoms with E-state index >= 15 is 0 Å². The van der Waals surface area contributed by atoms with Crippen LogP contribution in [-0.4, -0.2) is 49.2 Å². The fourth-order valence-electron chi connectivity index (χ4n) is 3.32. The van der Waals surface area contributed by atoms with Crippen LogP contribution < -0.4 is 0 Å². The molecule has 138 valence electrons. The van der Waals surface area contributed by atoms with Gasteiger partial charge in [-0.25, -0.2) is 9.67 Å². The van der Waals surface area contributed by atoms with Gasteiger partial charge in [-0.2, -0.15) is 0 Å². The zero-order valence-electron chi connectivity index (χ0n) is 14.6. The Hall–Kier alpha value is -2.41. The van der Waals surface area contributed by atoms with Gasteiger partial charge in [0, 0.05) is 19.0 Å². The number of rotatable bonds is 5. The number of aryl methyl sites for hydroxylation is 1. The fraction of sp³-hybridized carbons (Fsp3) is 0.444. The quantitative estimate of drug-likeness (QED) is 0.866. The molecule has 1 N–H and O–H groups in total. The summed E-state index contributed by atoms with van der Waals surface area (Å²) in [4.78, 5) is 29.9. The number of nitrogens with zero attached hydrogens (tertiary/aromatic N) is 4. The molecule has 8 heteroatoms. The van der Waals surface area contributed by atoms with Crippen LogP contribution in [0.3, 0.4) is 0 Å². The highest BCUT2D eigenvalue weighted by Gasteiger charge is 2.30. The van der Waals surface area contributed by atoms with E-state index in [1.165, 1.54) is 0 Å². The first-order valence-corrected chi connectivity index (χ1v) is 9.06. The van der Waals surface area contributed by atoms with Crippen LogP contribution in [0.2, 0.25) is 5.02 Å². The molecule has 0 saturated carbocycles. The van der Waals surface area contributed by atoms with E-state index in [0.717, 1.165) is 19.3 Å². The van der Waals surface area contributed by atoms with Crippen molar-refractivity contribution in [3.63, 3.8) is 0 Å². The molecule has 1 unspecified atom stereocenters. The number of carboxylic acids is 1. The molecule has 1 fully saturated rings. The predicted molar refractivity (Wildman–Crippen MR) is 96.7 cm³/mol. The second-order valence-electron chi connectivity index (χ2n) is 6.43. The van der Waals surface area contributed by atoms with Crippen molar-refractivity contribution in [1.29, 1.82) is 0 Å². The molecular weight excluding hydrogens is 356 g/mol. The first kappa shape index (κ1) is 18.4. The number of para-hydroxylation sites is 1. The maximum absolute atomic E-state index is 12.9. The third kappa shape index (κ3) is 3.88. The van der Waals surface area contributed by atoms with Gasteiger partial charge >= 0.3 is 5.97 Å². The number of carbonyl (C=O) groups excluding carboxylic acids is 1. The molecule has 7 nitrogen and oxygen atoms in total. The fourth-order valence-corrected chi connectivity index (χ4v) is 3.53. The Balaban J connectivity index is 1.84. The molecule has 0 aliphatic carbocycles. The molecule has 3 rings (SSSR count). The van der Waals surface area contributed by atoms with Gasteiger partial charge in [-0.1, -0.05) is 23.7 Å². The van der Waals surface area contributed by atoms with Gasteiger partial charge in [0.1, 0.15) is 5.82 Å². The van der Waals surface area contributed by atoms with Crippen molar-refractivity contribution in [2.45, 2.75) is 45.1 Å². The molecule has 1 saturated heterocycles. The number of hydrogen-bond donors (Lipinski definition) is 1. The van der Waals surface area contributed by atoms with Gasteiger partial charge in [-0.3, -0.25) is 9.59 Å². The van der Waals surface area contributed by atoms with E-state index in [0.29, 0.717) is 29.5 Å². The van der Waals surface area contributed by atoms with Crippen molar-refractivity contribution in [2.75, 3.05) is 6.54 Å². The Bertz CT molecular complexity index is 821. The SMILES string of the molecule is Cc1nc(C(=O)N2CCCCC2CCC(=O)O)nn1-c1ccccc1Cl. The van der Waals surface area contributed by atoms with Gasteiger partial charge in [0.15, 0.2) is 0 Å². The van der Waals surface area contributed by atoms with E-state index in [4.69, 9.17) is 16.7 Å². The van der Waals surface area contributed by atoms with Gasteiger partial charge < -0.3 is 10.0 Å². The lowest BCUT2D eigenvalue weighted by Gasteiger charge is -2.34. The average Bonchev–Trinajstić information content (AvgIpc) is 3.01. The lowest BCUT2D eigenvalue weighted by atomic mass is 9.98. The van der Waals surface area contributed by atoms with E-state index in [9.17, 15) is 9.59 Å². The van der Waals surface area contributed by atoms with Crippen LogP contribution in [0, 0.1) is 6.92 Å². The molecule has 0 radical (unpaired) electrons. The van der Waals surface area contributed by atoms with E-state index in [-0.39, 0.29) is 24.2 Å². The van der Waals surface area contributed by atoms with Gasteiger partial charge in [0.05, 0.1) is 10.7 Å². The van der Waals surface area contributed by atoms with Crippen LogP contribution in [0.5, 0.6) is 0 Å². The van der Waals surface area contributed by atoms with E-state index in [1.54, 1.807) is 22.6 Å². The molecule has 1 aromatic heterocycles. The minimum absolute atomic E-state index is 0.0506. The van der Waals surface area contributed by atoms with Gasteiger partial charge in [-0.05, 0) is 44.7 Å². The number of amides is 1. The summed E-state index contributed by atoms with van der Waals surface area (Å²) in [5, 5.41) is 13.8. The first-order chi connectivity index (χ1) is 12.5. The van der Waals surface area contributed by atoms with Crippen LogP contribution >= 0.6 is 11.6 Å². The molecule has 1 amide bonds. The second kappa shape index (κ2) is 7.86. The Labute approximate surface area is 156 Å². The Morgan fingerprint density at radius 2 is 2.08 bits per heavy atom. The van der Waals surface area contributed by atoms with Crippen LogP contribution in [0.1, 0.15) is 48.5 Å². The lowest BCUT2D eigenvalue weighted by Crippen LogP contribution is -2.44. The number of halogens is 1. The van der Waals surface area contributed by atoms with Crippen molar-refractivity contribution < 1.29 is 14.7 Å². The molecule has 2 aromatic rings. The minimum atomic E-state index is -0.847. The highest BCUT2D eigenvalue weighted by atomic mass is 35.5. The molecule has 2 heterocycles. The van der Waals surface area contributed by atoms with Crippen molar-refractivity contribution in [1.82, 2.24) is 19.7 Å². The van der Waals surface area contributed by atoms with E-state index in [1.807, 2.05) is 18.2 Å². The number of carboxylic acid groups (broad SMARTS) is 1. The summed E-state index contributed by atoms with van der Waals surface area (Å²) in [5.41, 5.74) is 0.666. The number of aromatic nitrogens is 3. The van der Waals surface area contributed by atoms with Crippen molar-refractivity contribution in [3.05, 3.63) is 40.9 Å². The topological polar surface area (TPSA) is 88.3 Å². The van der Waals surface area contributed by atoms with Crippen molar-refractivity contribution in [2.24, 2.45) is 0 Å². The largest absolute Gasteiger partial charge is 0.481 e. The highest BCUT2D eigenvalue weighted by Crippen LogP contribution is 2.24. The molecule has 1 aliphatic rings. The van der Waals surface area contributed by atoms with Gasteiger partial charge in [0.25, 0.3) is 5.91 Å². The summed E-state index contributed by atoms with van der Waals surface area (Å²) in [6, 6.07) is 7.15. The number of benzene rings is 1. The number of likely N-dealkylation sites (tertiary alicyclic amines) is 1. The van der Waals surface area contributed by atoms with Gasteiger partial charge in [-0.15, -0.1) is 5.10 Å². The smallest absolute Gasteiger partial charge is 0.303 e. The van der Waals surface area contributed by atoms with Crippen LogP contribution in [0.15, 0.2) is 24.3 Å². The lowest BCUT2D eigenvalue weighted by molar-refractivity contribution is -0.137.